The molecule has 2 nitrogen and oxygen atoms in total. The van der Waals surface area contributed by atoms with Crippen LogP contribution < -0.4 is 0 Å². The van der Waals surface area contributed by atoms with Crippen LogP contribution in [-0.2, 0) is 9.59 Å². The lowest BCUT2D eigenvalue weighted by Crippen LogP contribution is -2.20. The van der Waals surface area contributed by atoms with Gasteiger partial charge in [0.2, 0.25) is 0 Å². The van der Waals surface area contributed by atoms with Crippen LogP contribution in [0.25, 0.3) is 0 Å². The average Bonchev–Trinajstić information content (AvgIpc) is 2.61. The van der Waals surface area contributed by atoms with Gasteiger partial charge in [0.1, 0.15) is 5.78 Å². The van der Waals surface area contributed by atoms with Crippen molar-refractivity contribution in [1.82, 2.24) is 0 Å². The van der Waals surface area contributed by atoms with Crippen molar-refractivity contribution in [2.45, 2.75) is 12.2 Å². The van der Waals surface area contributed by atoms with Gasteiger partial charge in [-0.05, 0) is 24.6 Å². The van der Waals surface area contributed by atoms with Crippen LogP contribution in [0.2, 0.25) is 0 Å². The summed E-state index contributed by atoms with van der Waals surface area (Å²) >= 11 is 4.92. The van der Waals surface area contributed by atoms with Crippen LogP contribution in [0.15, 0.2) is 28.7 Å². The zero-order valence-corrected chi connectivity index (χ0v) is 11.2. The Morgan fingerprint density at radius 3 is 2.50 bits per heavy atom. The van der Waals surface area contributed by atoms with Crippen LogP contribution in [0.3, 0.4) is 0 Å². The van der Waals surface area contributed by atoms with Crippen molar-refractivity contribution in [2.75, 3.05) is 5.75 Å². The second-order valence-corrected chi connectivity index (χ2v) is 5.88. The first kappa shape index (κ1) is 11.9. The largest absolute Gasteiger partial charge is 0.299 e. The molecule has 1 heterocycles. The van der Waals surface area contributed by atoms with Crippen LogP contribution in [0.5, 0.6) is 0 Å². The van der Waals surface area contributed by atoms with Gasteiger partial charge in [-0.3, -0.25) is 9.59 Å². The first-order valence-electron chi connectivity index (χ1n) is 5.01. The number of carbonyl (C=O) groups is 2. The lowest BCUT2D eigenvalue weighted by molar-refractivity contribution is -0.129. The Morgan fingerprint density at radius 1 is 1.38 bits per heavy atom. The zero-order chi connectivity index (χ0) is 11.7. The molecule has 1 aliphatic heterocycles. The summed E-state index contributed by atoms with van der Waals surface area (Å²) in [5.41, 5.74) is 0.988. The van der Waals surface area contributed by atoms with Gasteiger partial charge in [0.25, 0.3) is 0 Å². The molecule has 2 rings (SSSR count). The number of Topliss-reactive ketones (excluding diaryl/α,β-unsaturated/α-hetero) is 2. The predicted molar refractivity (Wildman–Crippen MR) is 68.5 cm³/mol. The summed E-state index contributed by atoms with van der Waals surface area (Å²) in [6.45, 7) is 1.49. The van der Waals surface area contributed by atoms with Gasteiger partial charge in [-0.25, -0.2) is 0 Å². The van der Waals surface area contributed by atoms with Crippen molar-refractivity contribution in [1.29, 1.82) is 0 Å². The molecule has 0 bridgehead atoms. The van der Waals surface area contributed by atoms with E-state index >= 15 is 0 Å². The van der Waals surface area contributed by atoms with Crippen molar-refractivity contribution >= 4 is 39.3 Å². The summed E-state index contributed by atoms with van der Waals surface area (Å²) in [5, 5.41) is -0.165. The normalized spacial score (nSPS) is 24.8. The number of carbonyl (C=O) groups excluding carboxylic acids is 2. The van der Waals surface area contributed by atoms with Gasteiger partial charge in [-0.2, -0.15) is 0 Å². The number of hydrogen-bond acceptors (Lipinski definition) is 3. The van der Waals surface area contributed by atoms with Crippen molar-refractivity contribution in [3.05, 3.63) is 34.3 Å². The molecule has 0 saturated carbocycles. The monoisotopic (exact) mass is 298 g/mol. The Bertz CT molecular complexity index is 427. The minimum Gasteiger partial charge on any atom is -0.299 e. The van der Waals surface area contributed by atoms with Gasteiger partial charge in [0, 0.05) is 10.2 Å². The molecule has 84 valence electrons. The molecule has 0 aliphatic carbocycles. The van der Waals surface area contributed by atoms with Gasteiger partial charge in [0.05, 0.1) is 11.2 Å². The predicted octanol–water partition coefficient (Wildman–Crippen LogP) is 3.01. The van der Waals surface area contributed by atoms with Crippen LogP contribution >= 0.6 is 27.7 Å². The van der Waals surface area contributed by atoms with Crippen molar-refractivity contribution in [3.63, 3.8) is 0 Å². The summed E-state index contributed by atoms with van der Waals surface area (Å²) in [6, 6.07) is 7.71. The fourth-order valence-corrected chi connectivity index (χ4v) is 3.48. The molecule has 0 radical (unpaired) electrons. The fraction of sp³-hybridized carbons (Fsp3) is 0.333. The summed E-state index contributed by atoms with van der Waals surface area (Å²) in [4.78, 5) is 23.2. The van der Waals surface area contributed by atoms with E-state index in [1.807, 2.05) is 24.3 Å². The molecular formula is C12H11BrO2S. The standard InChI is InChI=1S/C12H11BrO2S/c1-7(14)10-6-16-12(11(10)15)8-2-4-9(13)5-3-8/h2-5,10,12H,6H2,1H3. The SMILES string of the molecule is CC(=O)C1CSC(c2ccc(Br)cc2)C1=O. The smallest absolute Gasteiger partial charge is 0.161 e. The molecule has 1 saturated heterocycles. The molecule has 0 spiro atoms. The Labute approximate surface area is 107 Å². The second kappa shape index (κ2) is 4.72. The third-order valence-electron chi connectivity index (χ3n) is 2.69. The van der Waals surface area contributed by atoms with E-state index < -0.39 is 5.92 Å². The summed E-state index contributed by atoms with van der Waals surface area (Å²) in [6.07, 6.45) is 0. The molecule has 1 aromatic carbocycles. The quantitative estimate of drug-likeness (QED) is 0.787. The molecule has 2 atom stereocenters. The highest BCUT2D eigenvalue weighted by Gasteiger charge is 2.38. The maximum Gasteiger partial charge on any atom is 0.161 e. The third-order valence-corrected chi connectivity index (χ3v) is 4.59. The van der Waals surface area contributed by atoms with E-state index in [0.717, 1.165) is 10.0 Å². The van der Waals surface area contributed by atoms with Crippen LogP contribution in [0.4, 0.5) is 0 Å². The van der Waals surface area contributed by atoms with Gasteiger partial charge in [0.15, 0.2) is 5.78 Å². The molecule has 4 heteroatoms. The van der Waals surface area contributed by atoms with E-state index in [4.69, 9.17) is 0 Å². The van der Waals surface area contributed by atoms with Gasteiger partial charge in [-0.1, -0.05) is 28.1 Å². The topological polar surface area (TPSA) is 34.1 Å². The summed E-state index contributed by atoms with van der Waals surface area (Å²) in [5.74, 6) is 0.255. The number of hydrogen-bond donors (Lipinski definition) is 0. The highest BCUT2D eigenvalue weighted by atomic mass is 79.9. The average molecular weight is 299 g/mol. The maximum absolute atomic E-state index is 12.0. The highest BCUT2D eigenvalue weighted by molar-refractivity contribution is 9.10. The van der Waals surface area contributed by atoms with Gasteiger partial charge >= 0.3 is 0 Å². The molecule has 1 aliphatic rings. The molecule has 0 amide bonds. The van der Waals surface area contributed by atoms with Crippen molar-refractivity contribution < 1.29 is 9.59 Å². The van der Waals surface area contributed by atoms with Gasteiger partial charge in [-0.15, -0.1) is 11.8 Å². The third kappa shape index (κ3) is 2.23. The summed E-state index contributed by atoms with van der Waals surface area (Å²) < 4.78 is 0.995. The molecule has 1 aromatic rings. The Balaban J connectivity index is 2.21. The Hall–Kier alpha value is -0.610. The molecule has 16 heavy (non-hydrogen) atoms. The Morgan fingerprint density at radius 2 is 2.00 bits per heavy atom. The number of ketones is 2. The lowest BCUT2D eigenvalue weighted by atomic mass is 9.97. The summed E-state index contributed by atoms with van der Waals surface area (Å²) in [7, 11) is 0. The second-order valence-electron chi connectivity index (χ2n) is 3.83. The van der Waals surface area contributed by atoms with E-state index in [2.05, 4.69) is 15.9 Å². The van der Waals surface area contributed by atoms with Crippen LogP contribution in [0.1, 0.15) is 17.7 Å². The van der Waals surface area contributed by atoms with Crippen LogP contribution in [-0.4, -0.2) is 17.3 Å². The zero-order valence-electron chi connectivity index (χ0n) is 8.77. The van der Waals surface area contributed by atoms with E-state index in [9.17, 15) is 9.59 Å². The number of thioether (sulfide) groups is 1. The van der Waals surface area contributed by atoms with Crippen LogP contribution in [0, 0.1) is 5.92 Å². The molecule has 1 fully saturated rings. The fourth-order valence-electron chi connectivity index (χ4n) is 1.76. The van der Waals surface area contributed by atoms with E-state index in [0.29, 0.717) is 5.75 Å². The molecular weight excluding hydrogens is 288 g/mol. The van der Waals surface area contributed by atoms with Gasteiger partial charge < -0.3 is 0 Å². The minimum atomic E-state index is -0.404. The van der Waals surface area contributed by atoms with E-state index in [1.54, 1.807) is 11.8 Å². The first-order chi connectivity index (χ1) is 7.59. The Kier molecular flexibility index (Phi) is 3.50. The van der Waals surface area contributed by atoms with Crippen molar-refractivity contribution in [2.24, 2.45) is 5.92 Å². The van der Waals surface area contributed by atoms with Crippen molar-refractivity contribution in [3.8, 4) is 0 Å². The van der Waals surface area contributed by atoms with E-state index in [-0.39, 0.29) is 16.8 Å². The maximum atomic E-state index is 12.0. The minimum absolute atomic E-state index is 0.0166. The highest BCUT2D eigenvalue weighted by Crippen LogP contribution is 2.40. The van der Waals surface area contributed by atoms with E-state index in [1.165, 1.54) is 6.92 Å². The lowest BCUT2D eigenvalue weighted by Gasteiger charge is -2.08. The molecule has 0 N–H and O–H groups in total. The molecule has 0 aromatic heterocycles. The number of benzene rings is 1. The number of halogens is 1. The molecule has 2 unspecified atom stereocenters. The number of rotatable bonds is 2. The first-order valence-corrected chi connectivity index (χ1v) is 6.85.